The number of amides is 1. The average molecular weight is 244 g/mol. The lowest BCUT2D eigenvalue weighted by Gasteiger charge is -2.04. The van der Waals surface area contributed by atoms with Crippen molar-refractivity contribution in [2.45, 2.75) is 19.8 Å². The van der Waals surface area contributed by atoms with Crippen LogP contribution in [0.15, 0.2) is 41.1 Å². The Balaban J connectivity index is 2.79. The summed E-state index contributed by atoms with van der Waals surface area (Å²) in [5.74, 6) is -0.342. The number of nitrogens with one attached hydrogen (secondary N) is 1. The maximum absolute atomic E-state index is 11.8. The number of unbranched alkanes of at least 4 members (excludes halogenated alkanes) is 1. The van der Waals surface area contributed by atoms with E-state index >= 15 is 0 Å². The highest BCUT2D eigenvalue weighted by Gasteiger charge is 2.06. The molecule has 5 heteroatoms. The van der Waals surface area contributed by atoms with Gasteiger partial charge in [-0.15, -0.1) is 0 Å². The van der Waals surface area contributed by atoms with E-state index in [1.807, 2.05) is 37.3 Å². The van der Waals surface area contributed by atoms with Gasteiger partial charge < -0.3 is 5.32 Å². The summed E-state index contributed by atoms with van der Waals surface area (Å²) >= 11 is 0. The van der Waals surface area contributed by atoms with Crippen LogP contribution in [-0.4, -0.2) is 12.5 Å². The molecule has 1 amide bonds. The number of carbonyl (C=O) groups excluding carboxylic acids is 1. The fourth-order valence-electron chi connectivity index (χ4n) is 1.36. The minimum absolute atomic E-state index is 0.0832. The summed E-state index contributed by atoms with van der Waals surface area (Å²) in [6.07, 6.45) is 3.47. The summed E-state index contributed by atoms with van der Waals surface area (Å²) in [6.45, 7) is 2.63. The number of azide groups is 1. The van der Waals surface area contributed by atoms with Crippen molar-refractivity contribution in [1.29, 1.82) is 0 Å². The predicted octanol–water partition coefficient (Wildman–Crippen LogP) is 3.25. The average Bonchev–Trinajstić information content (AvgIpc) is 2.39. The van der Waals surface area contributed by atoms with E-state index in [9.17, 15) is 4.79 Å². The molecular weight excluding hydrogens is 228 g/mol. The van der Waals surface area contributed by atoms with E-state index in [1.54, 1.807) is 6.08 Å². The first-order chi connectivity index (χ1) is 8.77. The second-order valence-corrected chi connectivity index (χ2v) is 3.74. The van der Waals surface area contributed by atoms with Gasteiger partial charge in [-0.2, -0.15) is 0 Å². The molecule has 0 heterocycles. The molecule has 0 atom stereocenters. The lowest BCUT2D eigenvalue weighted by Crippen LogP contribution is -2.25. The Bertz CT molecular complexity index is 461. The lowest BCUT2D eigenvalue weighted by atomic mass is 10.2. The van der Waals surface area contributed by atoms with Gasteiger partial charge >= 0.3 is 0 Å². The van der Waals surface area contributed by atoms with Crippen LogP contribution in [0.3, 0.4) is 0 Å². The van der Waals surface area contributed by atoms with Crippen LogP contribution in [0.5, 0.6) is 0 Å². The Morgan fingerprint density at radius 3 is 2.78 bits per heavy atom. The van der Waals surface area contributed by atoms with Gasteiger partial charge in [0.15, 0.2) is 0 Å². The SMILES string of the molecule is CCCCNC(=O)/C(=C/c1ccccc1)N=[N+]=[N-]. The van der Waals surface area contributed by atoms with Crippen molar-refractivity contribution in [1.82, 2.24) is 5.32 Å². The van der Waals surface area contributed by atoms with Gasteiger partial charge in [0.25, 0.3) is 5.91 Å². The molecular formula is C13H16N4O. The van der Waals surface area contributed by atoms with E-state index in [2.05, 4.69) is 15.3 Å². The molecule has 18 heavy (non-hydrogen) atoms. The Hall–Kier alpha value is -2.26. The molecule has 1 rings (SSSR count). The van der Waals surface area contributed by atoms with Gasteiger partial charge in [-0.3, -0.25) is 4.79 Å². The minimum atomic E-state index is -0.342. The van der Waals surface area contributed by atoms with Gasteiger partial charge in [-0.25, -0.2) is 0 Å². The van der Waals surface area contributed by atoms with E-state index in [-0.39, 0.29) is 11.6 Å². The lowest BCUT2D eigenvalue weighted by molar-refractivity contribution is -0.117. The maximum atomic E-state index is 11.8. The molecule has 0 aliphatic rings. The van der Waals surface area contributed by atoms with Crippen molar-refractivity contribution < 1.29 is 4.79 Å². The summed E-state index contributed by atoms with van der Waals surface area (Å²) < 4.78 is 0. The van der Waals surface area contributed by atoms with E-state index in [4.69, 9.17) is 5.53 Å². The molecule has 1 N–H and O–H groups in total. The van der Waals surface area contributed by atoms with Crippen LogP contribution in [-0.2, 0) is 4.79 Å². The number of hydrogen-bond acceptors (Lipinski definition) is 2. The number of rotatable bonds is 6. The van der Waals surface area contributed by atoms with Crippen LogP contribution < -0.4 is 5.32 Å². The van der Waals surface area contributed by atoms with Gasteiger partial charge in [-0.05, 0) is 23.6 Å². The zero-order valence-corrected chi connectivity index (χ0v) is 10.3. The number of hydrogen-bond donors (Lipinski definition) is 1. The minimum Gasteiger partial charge on any atom is -0.352 e. The van der Waals surface area contributed by atoms with E-state index in [1.165, 1.54) is 0 Å². The van der Waals surface area contributed by atoms with E-state index < -0.39 is 0 Å². The van der Waals surface area contributed by atoms with Crippen LogP contribution in [0.25, 0.3) is 16.5 Å². The highest BCUT2D eigenvalue weighted by molar-refractivity contribution is 5.97. The van der Waals surface area contributed by atoms with Crippen LogP contribution in [0, 0.1) is 0 Å². The maximum Gasteiger partial charge on any atom is 0.253 e. The van der Waals surface area contributed by atoms with Crippen LogP contribution >= 0.6 is 0 Å². The second kappa shape index (κ2) is 7.92. The van der Waals surface area contributed by atoms with Crippen LogP contribution in [0.4, 0.5) is 0 Å². The Labute approximate surface area is 106 Å². The van der Waals surface area contributed by atoms with Crippen molar-refractivity contribution in [2.75, 3.05) is 6.54 Å². The summed E-state index contributed by atoms with van der Waals surface area (Å²) in [7, 11) is 0. The molecule has 0 aliphatic heterocycles. The van der Waals surface area contributed by atoms with Crippen molar-refractivity contribution in [3.05, 3.63) is 52.0 Å². The first kappa shape index (κ1) is 13.8. The third-order valence-corrected chi connectivity index (χ3v) is 2.30. The Kier molecular flexibility index (Phi) is 6.08. The van der Waals surface area contributed by atoms with E-state index in [0.717, 1.165) is 18.4 Å². The molecule has 1 aromatic carbocycles. The zero-order chi connectivity index (χ0) is 13.2. The largest absolute Gasteiger partial charge is 0.352 e. The standard InChI is InChI=1S/C13H16N4O/c1-2-3-9-15-13(18)12(16-17-14)10-11-7-5-4-6-8-11/h4-8,10H,2-3,9H2,1H3,(H,15,18)/b12-10-. The molecule has 0 fully saturated rings. The Morgan fingerprint density at radius 1 is 1.44 bits per heavy atom. The topological polar surface area (TPSA) is 77.9 Å². The first-order valence-electron chi connectivity index (χ1n) is 5.88. The molecule has 0 saturated carbocycles. The molecule has 94 valence electrons. The molecule has 5 nitrogen and oxygen atoms in total. The van der Waals surface area contributed by atoms with Crippen molar-refractivity contribution in [3.63, 3.8) is 0 Å². The molecule has 1 aromatic rings. The third kappa shape index (κ3) is 4.72. The highest BCUT2D eigenvalue weighted by atomic mass is 16.2. The molecule has 0 bridgehead atoms. The highest BCUT2D eigenvalue weighted by Crippen LogP contribution is 2.08. The summed E-state index contributed by atoms with van der Waals surface area (Å²) in [6, 6.07) is 9.27. The van der Waals surface area contributed by atoms with E-state index in [0.29, 0.717) is 6.54 Å². The van der Waals surface area contributed by atoms with Crippen LogP contribution in [0.1, 0.15) is 25.3 Å². The van der Waals surface area contributed by atoms with Gasteiger partial charge in [0, 0.05) is 11.5 Å². The molecule has 0 aromatic heterocycles. The molecule has 0 radical (unpaired) electrons. The van der Waals surface area contributed by atoms with Gasteiger partial charge in [0.1, 0.15) is 5.70 Å². The fourth-order valence-corrected chi connectivity index (χ4v) is 1.36. The molecule has 0 aliphatic carbocycles. The molecule has 0 spiro atoms. The zero-order valence-electron chi connectivity index (χ0n) is 10.3. The van der Waals surface area contributed by atoms with Gasteiger partial charge in [-0.1, -0.05) is 48.8 Å². The normalized spacial score (nSPS) is 10.6. The Morgan fingerprint density at radius 2 is 2.17 bits per heavy atom. The summed E-state index contributed by atoms with van der Waals surface area (Å²) in [5.41, 5.74) is 9.38. The number of carbonyl (C=O) groups is 1. The number of nitrogens with zero attached hydrogens (tertiary/aromatic N) is 3. The quantitative estimate of drug-likeness (QED) is 0.269. The number of benzene rings is 1. The summed E-state index contributed by atoms with van der Waals surface area (Å²) in [5, 5.41) is 6.14. The van der Waals surface area contributed by atoms with Crippen molar-refractivity contribution in [3.8, 4) is 0 Å². The van der Waals surface area contributed by atoms with Crippen molar-refractivity contribution >= 4 is 12.0 Å². The smallest absolute Gasteiger partial charge is 0.253 e. The molecule has 0 unspecified atom stereocenters. The van der Waals surface area contributed by atoms with Gasteiger partial charge in [0.2, 0.25) is 0 Å². The predicted molar refractivity (Wildman–Crippen MR) is 71.5 cm³/mol. The summed E-state index contributed by atoms with van der Waals surface area (Å²) in [4.78, 5) is 14.4. The monoisotopic (exact) mass is 244 g/mol. The second-order valence-electron chi connectivity index (χ2n) is 3.74. The van der Waals surface area contributed by atoms with Crippen molar-refractivity contribution in [2.24, 2.45) is 5.11 Å². The molecule has 0 saturated heterocycles. The van der Waals surface area contributed by atoms with Crippen LogP contribution in [0.2, 0.25) is 0 Å². The first-order valence-corrected chi connectivity index (χ1v) is 5.88. The van der Waals surface area contributed by atoms with Gasteiger partial charge in [0.05, 0.1) is 0 Å². The fraction of sp³-hybridized carbons (Fsp3) is 0.308. The third-order valence-electron chi connectivity index (χ3n) is 2.30.